The van der Waals surface area contributed by atoms with Crippen molar-refractivity contribution >= 4 is 31.8 Å². The molecule has 9 nitrogen and oxygen atoms in total. The van der Waals surface area contributed by atoms with Crippen LogP contribution in [0.2, 0.25) is 0 Å². The van der Waals surface area contributed by atoms with E-state index in [1.807, 2.05) is 0 Å². The monoisotopic (exact) mass is 430 g/mol. The maximum atomic E-state index is 12.7. The second kappa shape index (κ2) is 7.62. The lowest BCUT2D eigenvalue weighted by atomic mass is 10.1. The third kappa shape index (κ3) is 4.17. The summed E-state index contributed by atoms with van der Waals surface area (Å²) in [6.45, 7) is 1.20. The molecule has 0 aromatic heterocycles. The van der Waals surface area contributed by atoms with E-state index in [1.54, 1.807) is 17.0 Å². The zero-order chi connectivity index (χ0) is 20.7. The number of piperidine rings is 1. The van der Waals surface area contributed by atoms with Gasteiger partial charge in [-0.3, -0.25) is 4.90 Å². The molecule has 0 aliphatic carbocycles. The Morgan fingerprint density at radius 2 is 1.89 bits per heavy atom. The van der Waals surface area contributed by atoms with Crippen LogP contribution in [0.4, 0.5) is 10.5 Å². The number of nitrogens with zero attached hydrogens (tertiary/aromatic N) is 3. The zero-order valence-corrected chi connectivity index (χ0v) is 17.9. The summed E-state index contributed by atoms with van der Waals surface area (Å²) < 4.78 is 50.6. The third-order valence-corrected chi connectivity index (χ3v) is 8.23. The SMILES string of the molecule is CN(C)S(=O)(=O)c1ccc2c(c1)CCN2C(=O)NC1CCCN(S(C)(=O)=O)C1. The first-order valence-corrected chi connectivity index (χ1v) is 12.4. The minimum Gasteiger partial charge on any atom is -0.334 e. The molecule has 11 heteroatoms. The van der Waals surface area contributed by atoms with E-state index in [0.29, 0.717) is 31.6 Å². The summed E-state index contributed by atoms with van der Waals surface area (Å²) in [4.78, 5) is 14.5. The van der Waals surface area contributed by atoms with E-state index < -0.39 is 20.0 Å². The first kappa shape index (κ1) is 21.0. The van der Waals surface area contributed by atoms with Gasteiger partial charge in [-0.1, -0.05) is 0 Å². The largest absolute Gasteiger partial charge is 0.334 e. The molecule has 2 aliphatic rings. The Labute approximate surface area is 166 Å². The fraction of sp³-hybridized carbons (Fsp3) is 0.588. The van der Waals surface area contributed by atoms with E-state index in [-0.39, 0.29) is 23.5 Å². The number of fused-ring (bicyclic) bond motifs is 1. The summed E-state index contributed by atoms with van der Waals surface area (Å²) >= 11 is 0. The van der Waals surface area contributed by atoms with Crippen LogP contribution < -0.4 is 10.2 Å². The number of amides is 2. The minimum atomic E-state index is -3.53. The maximum absolute atomic E-state index is 12.7. The van der Waals surface area contributed by atoms with Crippen molar-refractivity contribution in [1.82, 2.24) is 13.9 Å². The molecule has 1 aromatic rings. The van der Waals surface area contributed by atoms with Crippen LogP contribution >= 0.6 is 0 Å². The zero-order valence-electron chi connectivity index (χ0n) is 16.3. The van der Waals surface area contributed by atoms with Gasteiger partial charge in [-0.05, 0) is 43.0 Å². The third-order valence-electron chi connectivity index (χ3n) is 5.15. The molecule has 2 aliphatic heterocycles. The average Bonchev–Trinajstić information content (AvgIpc) is 3.04. The molecule has 3 rings (SSSR count). The van der Waals surface area contributed by atoms with Crippen molar-refractivity contribution in [3.8, 4) is 0 Å². The Morgan fingerprint density at radius 3 is 2.54 bits per heavy atom. The highest BCUT2D eigenvalue weighted by molar-refractivity contribution is 7.89. The van der Waals surface area contributed by atoms with Gasteiger partial charge in [0, 0.05) is 45.5 Å². The number of anilines is 1. The van der Waals surface area contributed by atoms with E-state index in [0.717, 1.165) is 16.3 Å². The average molecular weight is 431 g/mol. The topological polar surface area (TPSA) is 107 Å². The fourth-order valence-corrected chi connectivity index (χ4v) is 5.44. The van der Waals surface area contributed by atoms with Crippen molar-refractivity contribution in [2.24, 2.45) is 0 Å². The Morgan fingerprint density at radius 1 is 1.18 bits per heavy atom. The van der Waals surface area contributed by atoms with E-state index in [9.17, 15) is 21.6 Å². The van der Waals surface area contributed by atoms with Crippen LogP contribution in [0, 0.1) is 0 Å². The van der Waals surface area contributed by atoms with Gasteiger partial charge in [0.05, 0.1) is 11.2 Å². The standard InChI is InChI=1S/C17H26N4O5S2/c1-19(2)28(25,26)15-6-7-16-13(11-15)8-10-21(16)17(22)18-14-5-4-9-20(12-14)27(3,23)24/h6-7,11,14H,4-5,8-10,12H2,1-3H3,(H,18,22). The van der Waals surface area contributed by atoms with Gasteiger partial charge < -0.3 is 5.32 Å². The van der Waals surface area contributed by atoms with Gasteiger partial charge in [0.1, 0.15) is 0 Å². The number of hydrogen-bond acceptors (Lipinski definition) is 5. The molecule has 2 amide bonds. The van der Waals surface area contributed by atoms with E-state index in [4.69, 9.17) is 0 Å². The second-order valence-electron chi connectivity index (χ2n) is 7.39. The molecular formula is C17H26N4O5S2. The number of carbonyl (C=O) groups is 1. The van der Waals surface area contributed by atoms with Crippen molar-refractivity contribution in [1.29, 1.82) is 0 Å². The van der Waals surface area contributed by atoms with Gasteiger partial charge in [0.15, 0.2) is 0 Å². The normalized spacial score (nSPS) is 21.0. The van der Waals surface area contributed by atoms with Gasteiger partial charge in [-0.15, -0.1) is 0 Å². The summed E-state index contributed by atoms with van der Waals surface area (Å²) in [5.41, 5.74) is 1.49. The smallest absolute Gasteiger partial charge is 0.322 e. The highest BCUT2D eigenvalue weighted by Crippen LogP contribution is 2.31. The van der Waals surface area contributed by atoms with Gasteiger partial charge in [-0.2, -0.15) is 0 Å². The van der Waals surface area contributed by atoms with Crippen LogP contribution in [0.3, 0.4) is 0 Å². The summed E-state index contributed by atoms with van der Waals surface area (Å²) in [6.07, 6.45) is 3.16. The summed E-state index contributed by atoms with van der Waals surface area (Å²) in [7, 11) is -3.85. The summed E-state index contributed by atoms with van der Waals surface area (Å²) in [5.74, 6) is 0. The van der Waals surface area contributed by atoms with Crippen LogP contribution in [0.25, 0.3) is 0 Å². The van der Waals surface area contributed by atoms with E-state index in [1.165, 1.54) is 30.7 Å². The van der Waals surface area contributed by atoms with Crippen molar-refractivity contribution in [2.45, 2.75) is 30.2 Å². The molecule has 28 heavy (non-hydrogen) atoms. The van der Waals surface area contributed by atoms with Gasteiger partial charge in [0.25, 0.3) is 0 Å². The molecular weight excluding hydrogens is 404 g/mol. The quantitative estimate of drug-likeness (QED) is 0.746. The molecule has 0 radical (unpaired) electrons. The summed E-state index contributed by atoms with van der Waals surface area (Å²) in [6, 6.07) is 4.24. The first-order valence-electron chi connectivity index (χ1n) is 9.09. The molecule has 0 saturated carbocycles. The molecule has 1 saturated heterocycles. The number of benzene rings is 1. The van der Waals surface area contributed by atoms with Crippen LogP contribution in [-0.2, 0) is 26.5 Å². The van der Waals surface area contributed by atoms with Gasteiger partial charge in [0.2, 0.25) is 20.0 Å². The molecule has 2 heterocycles. The number of carbonyl (C=O) groups excluding carboxylic acids is 1. The van der Waals surface area contributed by atoms with Crippen LogP contribution in [0.5, 0.6) is 0 Å². The highest BCUT2D eigenvalue weighted by atomic mass is 32.2. The lowest BCUT2D eigenvalue weighted by molar-refractivity contribution is 0.231. The lowest BCUT2D eigenvalue weighted by Gasteiger charge is -2.32. The van der Waals surface area contributed by atoms with Gasteiger partial charge in [-0.25, -0.2) is 30.2 Å². The summed E-state index contributed by atoms with van der Waals surface area (Å²) in [5, 5.41) is 2.92. The highest BCUT2D eigenvalue weighted by Gasteiger charge is 2.31. The lowest BCUT2D eigenvalue weighted by Crippen LogP contribution is -2.52. The molecule has 156 valence electrons. The van der Waals surface area contributed by atoms with Crippen molar-refractivity contribution in [3.05, 3.63) is 23.8 Å². The Hall–Kier alpha value is -1.69. The number of hydrogen-bond donors (Lipinski definition) is 1. The molecule has 1 N–H and O–H groups in total. The molecule has 0 bridgehead atoms. The molecule has 1 atom stereocenters. The maximum Gasteiger partial charge on any atom is 0.322 e. The van der Waals surface area contributed by atoms with E-state index >= 15 is 0 Å². The second-order valence-corrected chi connectivity index (χ2v) is 11.5. The fourth-order valence-electron chi connectivity index (χ4n) is 3.57. The Kier molecular flexibility index (Phi) is 5.72. The molecule has 0 spiro atoms. The van der Waals surface area contributed by atoms with Gasteiger partial charge >= 0.3 is 6.03 Å². The minimum absolute atomic E-state index is 0.203. The van der Waals surface area contributed by atoms with Crippen LogP contribution in [0.15, 0.2) is 23.1 Å². The number of nitrogens with one attached hydrogen (secondary N) is 1. The van der Waals surface area contributed by atoms with Crippen LogP contribution in [0.1, 0.15) is 18.4 Å². The van der Waals surface area contributed by atoms with Crippen molar-refractivity contribution in [3.63, 3.8) is 0 Å². The van der Waals surface area contributed by atoms with E-state index in [2.05, 4.69) is 5.32 Å². The van der Waals surface area contributed by atoms with Crippen LogP contribution in [-0.4, -0.2) is 77.5 Å². The van der Waals surface area contributed by atoms with Crippen molar-refractivity contribution in [2.75, 3.05) is 44.9 Å². The first-order chi connectivity index (χ1) is 13.0. The van der Waals surface area contributed by atoms with Crippen molar-refractivity contribution < 1.29 is 21.6 Å². The predicted molar refractivity (Wildman–Crippen MR) is 106 cm³/mol. The Balaban J connectivity index is 1.73. The molecule has 1 unspecified atom stereocenters. The number of rotatable bonds is 4. The predicted octanol–water partition coefficient (Wildman–Crippen LogP) is 0.433. The Bertz CT molecular complexity index is 975. The number of sulfonamides is 2. The molecule has 1 fully saturated rings. The number of urea groups is 1. The molecule has 1 aromatic carbocycles.